The Hall–Kier alpha value is -1.28. The third-order valence-electron chi connectivity index (χ3n) is 1.50. The summed E-state index contributed by atoms with van der Waals surface area (Å²) in [4.78, 5) is 0. The van der Waals surface area contributed by atoms with Crippen LogP contribution in [0.4, 0.5) is 17.6 Å². The maximum absolute atomic E-state index is 13.1. The number of hydrogen-bond acceptors (Lipinski definition) is 3. The summed E-state index contributed by atoms with van der Waals surface area (Å²) in [6.45, 7) is 0. The first kappa shape index (κ1) is 11.8. The third kappa shape index (κ3) is 3.10. The van der Waals surface area contributed by atoms with Crippen LogP contribution in [0.5, 0.6) is 5.75 Å². The van der Waals surface area contributed by atoms with Crippen LogP contribution >= 0.6 is 0 Å². The van der Waals surface area contributed by atoms with E-state index in [1.54, 1.807) is 0 Å². The fraction of sp³-hybridized carbons (Fsp3) is 0.143. The molecule has 0 aliphatic rings. The van der Waals surface area contributed by atoms with E-state index in [4.69, 9.17) is 10.0 Å². The van der Waals surface area contributed by atoms with Crippen LogP contribution in [-0.4, -0.2) is 23.5 Å². The van der Waals surface area contributed by atoms with Gasteiger partial charge in [-0.25, -0.2) is 4.39 Å². The fourth-order valence-corrected chi connectivity index (χ4v) is 0.931. The van der Waals surface area contributed by atoms with Crippen molar-refractivity contribution in [2.24, 2.45) is 0 Å². The van der Waals surface area contributed by atoms with Crippen molar-refractivity contribution >= 4 is 12.6 Å². The van der Waals surface area contributed by atoms with E-state index in [1.165, 1.54) is 0 Å². The number of rotatable bonds is 2. The van der Waals surface area contributed by atoms with Crippen LogP contribution in [0.2, 0.25) is 0 Å². The van der Waals surface area contributed by atoms with E-state index >= 15 is 0 Å². The summed E-state index contributed by atoms with van der Waals surface area (Å²) in [5, 5.41) is 17.2. The molecular weight excluding hydrogens is 219 g/mol. The second-order valence-corrected chi connectivity index (χ2v) is 2.58. The van der Waals surface area contributed by atoms with Gasteiger partial charge in [0.25, 0.3) is 0 Å². The van der Waals surface area contributed by atoms with Gasteiger partial charge in [0.1, 0.15) is 0 Å². The topological polar surface area (TPSA) is 49.7 Å². The second-order valence-electron chi connectivity index (χ2n) is 2.58. The van der Waals surface area contributed by atoms with Gasteiger partial charge >= 0.3 is 13.5 Å². The Morgan fingerprint density at radius 2 is 1.80 bits per heavy atom. The summed E-state index contributed by atoms with van der Waals surface area (Å²) in [6.07, 6.45) is -5.03. The molecule has 0 unspecified atom stereocenters. The Morgan fingerprint density at radius 3 is 2.27 bits per heavy atom. The van der Waals surface area contributed by atoms with Crippen LogP contribution in [0.25, 0.3) is 0 Å². The highest BCUT2D eigenvalue weighted by Crippen LogP contribution is 2.24. The molecule has 1 aromatic rings. The molecule has 0 saturated heterocycles. The molecule has 0 amide bonds. The summed E-state index contributed by atoms with van der Waals surface area (Å²) >= 11 is 0. The quantitative estimate of drug-likeness (QED) is 0.564. The molecule has 0 aromatic heterocycles. The SMILES string of the molecule is OB(O)c1cccc(OC(F)(F)F)c1F. The van der Waals surface area contributed by atoms with Gasteiger partial charge in [-0.2, -0.15) is 0 Å². The molecule has 0 spiro atoms. The molecule has 0 heterocycles. The van der Waals surface area contributed by atoms with Gasteiger partial charge in [-0.15, -0.1) is 13.2 Å². The van der Waals surface area contributed by atoms with Gasteiger partial charge in [-0.3, -0.25) is 0 Å². The molecule has 0 aliphatic carbocycles. The van der Waals surface area contributed by atoms with Crippen molar-refractivity contribution < 1.29 is 32.3 Å². The Balaban J connectivity index is 3.05. The number of ether oxygens (including phenoxy) is 1. The zero-order valence-electron chi connectivity index (χ0n) is 7.12. The van der Waals surface area contributed by atoms with Gasteiger partial charge in [0, 0.05) is 5.46 Å². The highest BCUT2D eigenvalue weighted by Gasteiger charge is 2.33. The fourth-order valence-electron chi connectivity index (χ4n) is 0.931. The largest absolute Gasteiger partial charge is 0.573 e. The summed E-state index contributed by atoms with van der Waals surface area (Å²) in [5.41, 5.74) is -0.684. The van der Waals surface area contributed by atoms with Crippen LogP contribution in [0, 0.1) is 5.82 Å². The first-order valence-corrected chi connectivity index (χ1v) is 3.71. The average molecular weight is 224 g/mol. The second kappa shape index (κ2) is 4.07. The van der Waals surface area contributed by atoms with E-state index < -0.39 is 30.5 Å². The highest BCUT2D eigenvalue weighted by atomic mass is 19.4. The molecule has 0 saturated carbocycles. The van der Waals surface area contributed by atoms with Crippen LogP contribution in [0.15, 0.2) is 18.2 Å². The average Bonchev–Trinajstić information content (AvgIpc) is 2.05. The standard InChI is InChI=1S/C7H5BF4O3/c9-6-4(8(13)14)2-1-3-5(6)15-7(10,11)12/h1-3,13-14H. The smallest absolute Gasteiger partial charge is 0.423 e. The van der Waals surface area contributed by atoms with E-state index in [0.29, 0.717) is 0 Å². The van der Waals surface area contributed by atoms with Gasteiger partial charge in [0.05, 0.1) is 0 Å². The minimum absolute atomic E-state index is 0.684. The van der Waals surface area contributed by atoms with Gasteiger partial charge < -0.3 is 14.8 Å². The minimum atomic E-state index is -5.03. The molecule has 82 valence electrons. The molecule has 1 aromatic carbocycles. The molecule has 1 rings (SSSR count). The first-order chi connectivity index (χ1) is 6.81. The van der Waals surface area contributed by atoms with E-state index in [-0.39, 0.29) is 0 Å². The van der Waals surface area contributed by atoms with E-state index in [0.717, 1.165) is 18.2 Å². The molecular formula is C7H5BF4O3. The van der Waals surface area contributed by atoms with Crippen LogP contribution in [0.1, 0.15) is 0 Å². The van der Waals surface area contributed by atoms with Crippen molar-refractivity contribution in [1.82, 2.24) is 0 Å². The molecule has 2 N–H and O–H groups in total. The Kier molecular flexibility index (Phi) is 3.20. The lowest BCUT2D eigenvalue weighted by molar-refractivity contribution is -0.275. The van der Waals surface area contributed by atoms with Crippen molar-refractivity contribution in [3.63, 3.8) is 0 Å². The summed E-state index contributed by atoms with van der Waals surface area (Å²) in [7, 11) is -2.19. The van der Waals surface area contributed by atoms with E-state index in [2.05, 4.69) is 4.74 Å². The number of benzene rings is 1. The van der Waals surface area contributed by atoms with Crippen molar-refractivity contribution in [2.75, 3.05) is 0 Å². The van der Waals surface area contributed by atoms with Crippen molar-refractivity contribution in [3.05, 3.63) is 24.0 Å². The summed E-state index contributed by atoms with van der Waals surface area (Å²) in [6, 6.07) is 2.68. The zero-order chi connectivity index (χ0) is 11.6. The molecule has 8 heteroatoms. The Bertz CT molecular complexity index is 353. The number of halogens is 4. The lowest BCUT2D eigenvalue weighted by atomic mass is 9.80. The molecule has 0 radical (unpaired) electrons. The van der Waals surface area contributed by atoms with Crippen molar-refractivity contribution in [3.8, 4) is 5.75 Å². The predicted octanol–water partition coefficient (Wildman–Crippen LogP) is 0.404. The first-order valence-electron chi connectivity index (χ1n) is 3.71. The highest BCUT2D eigenvalue weighted by molar-refractivity contribution is 6.58. The molecule has 3 nitrogen and oxygen atoms in total. The third-order valence-corrected chi connectivity index (χ3v) is 1.50. The zero-order valence-corrected chi connectivity index (χ0v) is 7.12. The molecule has 0 aliphatic heterocycles. The van der Waals surface area contributed by atoms with E-state index in [1.807, 2.05) is 0 Å². The summed E-state index contributed by atoms with van der Waals surface area (Å²) < 4.78 is 51.7. The molecule has 0 bridgehead atoms. The maximum atomic E-state index is 13.1. The van der Waals surface area contributed by atoms with E-state index in [9.17, 15) is 17.6 Å². The van der Waals surface area contributed by atoms with Crippen LogP contribution in [0.3, 0.4) is 0 Å². The normalized spacial score (nSPS) is 11.3. The van der Waals surface area contributed by atoms with Crippen LogP contribution < -0.4 is 10.2 Å². The van der Waals surface area contributed by atoms with Crippen molar-refractivity contribution in [2.45, 2.75) is 6.36 Å². The maximum Gasteiger partial charge on any atom is 0.573 e. The summed E-state index contributed by atoms with van der Waals surface area (Å²) in [5.74, 6) is -2.56. The van der Waals surface area contributed by atoms with Gasteiger partial charge in [-0.1, -0.05) is 12.1 Å². The number of hydrogen-bond donors (Lipinski definition) is 2. The lowest BCUT2D eigenvalue weighted by Crippen LogP contribution is -2.33. The molecule has 15 heavy (non-hydrogen) atoms. The molecule has 0 atom stereocenters. The molecule has 0 fully saturated rings. The van der Waals surface area contributed by atoms with Gasteiger partial charge in [0.15, 0.2) is 11.6 Å². The minimum Gasteiger partial charge on any atom is -0.423 e. The number of alkyl halides is 3. The van der Waals surface area contributed by atoms with Gasteiger partial charge in [-0.05, 0) is 6.07 Å². The van der Waals surface area contributed by atoms with Gasteiger partial charge in [0.2, 0.25) is 0 Å². The van der Waals surface area contributed by atoms with Crippen LogP contribution in [-0.2, 0) is 0 Å². The van der Waals surface area contributed by atoms with Crippen molar-refractivity contribution in [1.29, 1.82) is 0 Å². The monoisotopic (exact) mass is 224 g/mol. The predicted molar refractivity (Wildman–Crippen MR) is 42.9 cm³/mol. The Morgan fingerprint density at radius 1 is 1.20 bits per heavy atom. The lowest BCUT2D eigenvalue weighted by Gasteiger charge is -2.11. The Labute approximate surface area is 82.1 Å².